The molecule has 0 aromatic carbocycles. The lowest BCUT2D eigenvalue weighted by atomic mass is 9.79. The van der Waals surface area contributed by atoms with Gasteiger partial charge in [-0.2, -0.15) is 0 Å². The zero-order chi connectivity index (χ0) is 19.3. The number of rotatable bonds is 5. The van der Waals surface area contributed by atoms with Crippen LogP contribution in [0.4, 0.5) is 0 Å². The van der Waals surface area contributed by atoms with Crippen LogP contribution in [0.15, 0.2) is 10.6 Å². The van der Waals surface area contributed by atoms with E-state index in [0.29, 0.717) is 17.9 Å². The van der Waals surface area contributed by atoms with Crippen molar-refractivity contribution in [2.45, 2.75) is 43.7 Å². The van der Waals surface area contributed by atoms with Crippen LogP contribution in [0.2, 0.25) is 0 Å². The summed E-state index contributed by atoms with van der Waals surface area (Å²) in [7, 11) is 3.42. The number of β-lactam (4-membered cyclic amide) rings is 1. The molecule has 144 valence electrons. The Bertz CT molecular complexity index is 677. The first-order valence-electron chi connectivity index (χ1n) is 8.75. The normalized spacial score (nSPS) is 34.6. The average Bonchev–Trinajstić information content (AvgIpc) is 3.09. The lowest BCUT2D eigenvalue weighted by molar-refractivity contribution is -0.163. The summed E-state index contributed by atoms with van der Waals surface area (Å²) in [6.45, 7) is 4.08. The maximum Gasteiger partial charge on any atom is 0.353 e. The van der Waals surface area contributed by atoms with E-state index < -0.39 is 18.0 Å². The third-order valence-corrected chi connectivity index (χ3v) is 6.95. The van der Waals surface area contributed by atoms with E-state index in [1.807, 2.05) is 6.92 Å². The average molecular weight is 383 g/mol. The van der Waals surface area contributed by atoms with Crippen molar-refractivity contribution in [3.63, 3.8) is 0 Å². The van der Waals surface area contributed by atoms with Gasteiger partial charge in [0.1, 0.15) is 5.70 Å². The largest absolute Gasteiger partial charge is 0.477 e. The summed E-state index contributed by atoms with van der Waals surface area (Å²) in [6.07, 6.45) is -0.190. The van der Waals surface area contributed by atoms with E-state index in [1.165, 1.54) is 16.7 Å². The van der Waals surface area contributed by atoms with Crippen molar-refractivity contribution in [3.8, 4) is 0 Å². The molecule has 0 radical (unpaired) electrons. The predicted molar refractivity (Wildman–Crippen MR) is 96.1 cm³/mol. The number of aliphatic hydroxyl groups is 1. The number of thioether (sulfide) groups is 1. The number of carboxylic acid groups (broad SMARTS) is 1. The Morgan fingerprint density at radius 3 is 2.58 bits per heavy atom. The summed E-state index contributed by atoms with van der Waals surface area (Å²) in [4.78, 5) is 39.8. The Hall–Kier alpha value is -1.58. The van der Waals surface area contributed by atoms with E-state index in [9.17, 15) is 24.6 Å². The molecule has 0 unspecified atom stereocenters. The molecule has 0 aromatic rings. The van der Waals surface area contributed by atoms with Gasteiger partial charge in [-0.05, 0) is 13.3 Å². The van der Waals surface area contributed by atoms with Crippen LogP contribution in [0.1, 0.15) is 20.3 Å². The van der Waals surface area contributed by atoms with Crippen molar-refractivity contribution in [2.75, 3.05) is 20.6 Å². The smallest absolute Gasteiger partial charge is 0.353 e. The van der Waals surface area contributed by atoms with Crippen LogP contribution in [0.25, 0.3) is 0 Å². The number of carboxylic acids is 1. The van der Waals surface area contributed by atoms with Crippen molar-refractivity contribution < 1.29 is 24.6 Å². The number of aliphatic carboxylic acids is 1. The molecule has 9 heteroatoms. The monoisotopic (exact) mass is 383 g/mol. The second kappa shape index (κ2) is 6.86. The first kappa shape index (κ1) is 19.2. The number of carbonyl (C=O) groups excluding carboxylic acids is 2. The molecule has 2 fully saturated rings. The molecule has 3 N–H and O–H groups in total. The number of nitrogens with one attached hydrogen (secondary N) is 1. The van der Waals surface area contributed by atoms with Crippen molar-refractivity contribution in [1.82, 2.24) is 15.1 Å². The summed E-state index contributed by atoms with van der Waals surface area (Å²) >= 11 is 1.45. The Morgan fingerprint density at radius 1 is 1.38 bits per heavy atom. The van der Waals surface area contributed by atoms with Crippen molar-refractivity contribution in [1.29, 1.82) is 0 Å². The quantitative estimate of drug-likeness (QED) is 0.559. The van der Waals surface area contributed by atoms with Gasteiger partial charge in [-0.15, -0.1) is 11.8 Å². The van der Waals surface area contributed by atoms with Gasteiger partial charge in [0.15, 0.2) is 0 Å². The molecular weight excluding hydrogens is 358 g/mol. The van der Waals surface area contributed by atoms with Gasteiger partial charge in [-0.3, -0.25) is 9.59 Å². The molecule has 3 heterocycles. The zero-order valence-electron chi connectivity index (χ0n) is 15.3. The summed E-state index contributed by atoms with van der Waals surface area (Å²) in [5.74, 6) is -2.14. The zero-order valence-corrected chi connectivity index (χ0v) is 16.1. The SMILES string of the molecule is C[C@H](O)[C@@H]1C(=O)N2C(C(=O)O)=C(S[C@H]3CN[C@@H](C(=O)N(C)C)C3)[C@H](C)[C@H]12. The van der Waals surface area contributed by atoms with Crippen LogP contribution in [0.3, 0.4) is 0 Å². The van der Waals surface area contributed by atoms with E-state index in [1.54, 1.807) is 25.9 Å². The van der Waals surface area contributed by atoms with Crippen molar-refractivity contribution in [2.24, 2.45) is 11.8 Å². The molecule has 0 aromatic heterocycles. The number of hydrogen-bond donors (Lipinski definition) is 3. The van der Waals surface area contributed by atoms with Crippen LogP contribution in [0.5, 0.6) is 0 Å². The number of fused-ring (bicyclic) bond motifs is 1. The molecule has 3 aliphatic rings. The lowest BCUT2D eigenvalue weighted by Crippen LogP contribution is -2.63. The summed E-state index contributed by atoms with van der Waals surface area (Å²) < 4.78 is 0. The van der Waals surface area contributed by atoms with Gasteiger partial charge >= 0.3 is 5.97 Å². The standard InChI is InChI=1S/C17H25N3O5S/c1-7-12-11(8(2)21)16(23)20(12)13(17(24)25)14(7)26-9-5-10(18-6-9)15(22)19(3)4/h7-12,18,21H,5-6H2,1-4H3,(H,24,25)/t7-,8+,9-,10-,11+,12-/m1/s1. The highest BCUT2D eigenvalue weighted by atomic mass is 32.2. The van der Waals surface area contributed by atoms with E-state index in [-0.39, 0.29) is 40.8 Å². The maximum atomic E-state index is 12.3. The lowest BCUT2D eigenvalue weighted by Gasteiger charge is -2.46. The van der Waals surface area contributed by atoms with E-state index in [2.05, 4.69) is 5.32 Å². The molecule has 0 spiro atoms. The summed E-state index contributed by atoms with van der Waals surface area (Å²) in [5, 5.41) is 22.8. The van der Waals surface area contributed by atoms with Gasteiger partial charge in [0.2, 0.25) is 11.8 Å². The third kappa shape index (κ3) is 2.91. The Labute approximate surface area is 156 Å². The molecule has 8 nitrogen and oxygen atoms in total. The van der Waals surface area contributed by atoms with Gasteiger partial charge in [-0.25, -0.2) is 4.79 Å². The fourth-order valence-electron chi connectivity index (χ4n) is 4.15. The van der Waals surface area contributed by atoms with Crippen molar-refractivity contribution in [3.05, 3.63) is 10.6 Å². The molecule has 0 aliphatic carbocycles. The van der Waals surface area contributed by atoms with Gasteiger partial charge in [0.25, 0.3) is 0 Å². The third-order valence-electron chi connectivity index (χ3n) is 5.43. The molecular formula is C17H25N3O5S. The molecule has 26 heavy (non-hydrogen) atoms. The molecule has 2 saturated heterocycles. The van der Waals surface area contributed by atoms with Gasteiger partial charge in [-0.1, -0.05) is 6.92 Å². The van der Waals surface area contributed by atoms with E-state index >= 15 is 0 Å². The van der Waals surface area contributed by atoms with Crippen LogP contribution < -0.4 is 5.32 Å². The van der Waals surface area contributed by atoms with Gasteiger partial charge in [0, 0.05) is 36.7 Å². The first-order valence-corrected chi connectivity index (χ1v) is 9.62. The summed E-state index contributed by atoms with van der Waals surface area (Å²) in [6, 6.07) is -0.568. The van der Waals surface area contributed by atoms with Crippen LogP contribution in [-0.4, -0.2) is 81.9 Å². The Morgan fingerprint density at radius 2 is 2.04 bits per heavy atom. The number of likely N-dealkylation sites (N-methyl/N-ethyl adjacent to an activating group) is 1. The molecule has 0 saturated carbocycles. The highest BCUT2D eigenvalue weighted by Crippen LogP contribution is 2.51. The summed E-state index contributed by atoms with van der Waals surface area (Å²) in [5.41, 5.74) is 0.0387. The number of carbonyl (C=O) groups is 3. The maximum absolute atomic E-state index is 12.3. The minimum absolute atomic E-state index is 0.00757. The minimum Gasteiger partial charge on any atom is -0.477 e. The Kier molecular flexibility index (Phi) is 5.06. The van der Waals surface area contributed by atoms with Crippen LogP contribution in [-0.2, 0) is 14.4 Å². The highest BCUT2D eigenvalue weighted by molar-refractivity contribution is 8.03. The van der Waals surface area contributed by atoms with Crippen LogP contribution >= 0.6 is 11.8 Å². The Balaban J connectivity index is 1.78. The topological polar surface area (TPSA) is 110 Å². The number of aliphatic hydroxyl groups excluding tert-OH is 1. The number of amides is 2. The molecule has 2 amide bonds. The fraction of sp³-hybridized carbons (Fsp3) is 0.706. The predicted octanol–water partition coefficient (Wildman–Crippen LogP) is -0.308. The fourth-order valence-corrected chi connectivity index (χ4v) is 5.63. The van der Waals surface area contributed by atoms with E-state index in [0.717, 1.165) is 0 Å². The molecule has 3 aliphatic heterocycles. The molecule has 3 rings (SSSR count). The first-order chi connectivity index (χ1) is 12.1. The van der Waals surface area contributed by atoms with Crippen LogP contribution in [0, 0.1) is 11.8 Å². The van der Waals surface area contributed by atoms with Gasteiger partial charge < -0.3 is 25.3 Å². The number of nitrogens with zero attached hydrogens (tertiary/aromatic N) is 2. The molecule has 6 atom stereocenters. The highest BCUT2D eigenvalue weighted by Gasteiger charge is 2.60. The second-order valence-corrected chi connectivity index (χ2v) is 8.78. The minimum atomic E-state index is -1.12. The second-order valence-electron chi connectivity index (χ2n) is 7.44. The van der Waals surface area contributed by atoms with E-state index in [4.69, 9.17) is 0 Å². The van der Waals surface area contributed by atoms with Crippen molar-refractivity contribution >= 4 is 29.5 Å². The van der Waals surface area contributed by atoms with Gasteiger partial charge in [0.05, 0.1) is 24.1 Å². The molecule has 0 bridgehead atoms. The number of hydrogen-bond acceptors (Lipinski definition) is 6.